The van der Waals surface area contributed by atoms with Crippen LogP contribution in [0.15, 0.2) is 0 Å². The van der Waals surface area contributed by atoms with E-state index in [1.165, 1.54) is 6.42 Å². The van der Waals surface area contributed by atoms with E-state index >= 15 is 0 Å². The topological polar surface area (TPSA) is 43.3 Å². The molecule has 3 atom stereocenters. The Morgan fingerprint density at radius 1 is 1.15 bits per heavy atom. The van der Waals surface area contributed by atoms with Gasteiger partial charge in [0.1, 0.15) is 0 Å². The molecule has 2 aliphatic rings. The summed E-state index contributed by atoms with van der Waals surface area (Å²) >= 11 is 0. The molecular formula is C10H19NO2. The molecule has 0 saturated carbocycles. The minimum absolute atomic E-state index is 0.00519. The van der Waals surface area contributed by atoms with Gasteiger partial charge in [0, 0.05) is 12.3 Å². The van der Waals surface area contributed by atoms with Crippen molar-refractivity contribution in [3.63, 3.8) is 0 Å². The van der Waals surface area contributed by atoms with E-state index in [9.17, 15) is 10.3 Å². The Kier molecular flexibility index (Phi) is 2.58. The van der Waals surface area contributed by atoms with Crippen molar-refractivity contribution in [1.29, 1.82) is 0 Å². The molecule has 0 radical (unpaired) electrons. The van der Waals surface area contributed by atoms with Crippen molar-refractivity contribution >= 4 is 0 Å². The van der Waals surface area contributed by atoms with Crippen LogP contribution in [0.3, 0.4) is 0 Å². The van der Waals surface area contributed by atoms with Crippen molar-refractivity contribution in [2.75, 3.05) is 19.7 Å². The molecule has 0 spiro atoms. The molecule has 0 aromatic carbocycles. The normalized spacial score (nSPS) is 45.7. The van der Waals surface area contributed by atoms with Gasteiger partial charge in [-0.05, 0) is 25.7 Å². The molecule has 0 bridgehead atoms. The first-order valence-electron chi connectivity index (χ1n) is 5.45. The molecule has 13 heavy (non-hydrogen) atoms. The van der Waals surface area contributed by atoms with Crippen LogP contribution in [0, 0.1) is 11.1 Å². The lowest BCUT2D eigenvalue weighted by Gasteiger charge is -2.56. The van der Waals surface area contributed by atoms with Crippen LogP contribution in [0.2, 0.25) is 0 Å². The third kappa shape index (κ3) is 1.60. The van der Waals surface area contributed by atoms with Gasteiger partial charge in [0.15, 0.2) is 0 Å². The molecule has 1 N–H and O–H groups in total. The Hall–Kier alpha value is -0.120. The van der Waals surface area contributed by atoms with Crippen LogP contribution < -0.4 is 0 Å². The van der Waals surface area contributed by atoms with E-state index in [-0.39, 0.29) is 23.2 Å². The smallest absolute Gasteiger partial charge is 0.0938 e. The van der Waals surface area contributed by atoms with Gasteiger partial charge in [-0.1, -0.05) is 0 Å². The molecule has 0 aliphatic carbocycles. The molecule has 2 aliphatic heterocycles. The Bertz CT molecular complexity index is 182. The minimum Gasteiger partial charge on any atom is -0.633 e. The summed E-state index contributed by atoms with van der Waals surface area (Å²) in [7, 11) is 0. The van der Waals surface area contributed by atoms with E-state index in [0.717, 1.165) is 38.8 Å². The molecule has 76 valence electrons. The fourth-order valence-electron chi connectivity index (χ4n) is 3.06. The maximum atomic E-state index is 12.3. The Morgan fingerprint density at radius 2 is 1.92 bits per heavy atom. The maximum Gasteiger partial charge on any atom is 0.0938 e. The lowest BCUT2D eigenvalue weighted by molar-refractivity contribution is -0.920. The summed E-state index contributed by atoms with van der Waals surface area (Å²) in [5, 5.41) is 21.5. The summed E-state index contributed by atoms with van der Waals surface area (Å²) < 4.78 is 0.00519. The van der Waals surface area contributed by atoms with Gasteiger partial charge < -0.3 is 15.0 Å². The van der Waals surface area contributed by atoms with Crippen LogP contribution >= 0.6 is 0 Å². The van der Waals surface area contributed by atoms with Crippen LogP contribution in [0.25, 0.3) is 0 Å². The van der Waals surface area contributed by atoms with E-state index in [1.54, 1.807) is 0 Å². The molecule has 2 rings (SSSR count). The van der Waals surface area contributed by atoms with Gasteiger partial charge in [-0.3, -0.25) is 0 Å². The van der Waals surface area contributed by atoms with E-state index < -0.39 is 0 Å². The van der Waals surface area contributed by atoms with Crippen molar-refractivity contribution in [3.05, 3.63) is 5.21 Å². The largest absolute Gasteiger partial charge is 0.633 e. The van der Waals surface area contributed by atoms with Crippen LogP contribution in [0.1, 0.15) is 32.1 Å². The van der Waals surface area contributed by atoms with Gasteiger partial charge >= 0.3 is 0 Å². The molecule has 0 unspecified atom stereocenters. The molecule has 0 aromatic heterocycles. The highest BCUT2D eigenvalue weighted by Gasteiger charge is 2.40. The molecule has 3 heteroatoms. The Morgan fingerprint density at radius 3 is 2.69 bits per heavy atom. The summed E-state index contributed by atoms with van der Waals surface area (Å²) in [5.74, 6) is 0.284. The van der Waals surface area contributed by atoms with Crippen LogP contribution in [-0.4, -0.2) is 35.5 Å². The third-order valence-electron chi connectivity index (χ3n) is 3.78. The van der Waals surface area contributed by atoms with Gasteiger partial charge in [-0.15, -0.1) is 0 Å². The summed E-state index contributed by atoms with van der Waals surface area (Å²) in [6.45, 7) is 1.80. The predicted octanol–water partition coefficient (Wildman–Crippen LogP) is 1.26. The average Bonchev–Trinajstić information content (AvgIpc) is 2.15. The highest BCUT2D eigenvalue weighted by Crippen LogP contribution is 2.36. The van der Waals surface area contributed by atoms with Gasteiger partial charge in [0.2, 0.25) is 0 Å². The van der Waals surface area contributed by atoms with Crippen molar-refractivity contribution in [2.45, 2.75) is 38.1 Å². The molecule has 0 amide bonds. The number of hydrogen-bond donors (Lipinski definition) is 1. The first-order chi connectivity index (χ1) is 6.26. The zero-order valence-electron chi connectivity index (χ0n) is 8.11. The highest BCUT2D eigenvalue weighted by molar-refractivity contribution is 4.79. The first kappa shape index (κ1) is 9.44. The minimum atomic E-state index is 0.00519. The summed E-state index contributed by atoms with van der Waals surface area (Å²) in [4.78, 5) is 0. The molecule has 2 heterocycles. The number of aliphatic hydroxyl groups is 1. The third-order valence-corrected chi connectivity index (χ3v) is 3.78. The SMILES string of the molecule is [O-][N@+]12CCCC[C@@H]1[C@@H](CO)CCC2. The van der Waals surface area contributed by atoms with E-state index in [1.807, 2.05) is 0 Å². The quantitative estimate of drug-likeness (QED) is 0.493. The second kappa shape index (κ2) is 3.56. The fraction of sp³-hybridized carbons (Fsp3) is 1.00. The van der Waals surface area contributed by atoms with E-state index in [4.69, 9.17) is 0 Å². The number of aliphatic hydroxyl groups excluding tert-OH is 1. The zero-order chi connectivity index (χ0) is 9.31. The predicted molar refractivity (Wildman–Crippen MR) is 50.8 cm³/mol. The van der Waals surface area contributed by atoms with Gasteiger partial charge in [0.05, 0.1) is 25.7 Å². The van der Waals surface area contributed by atoms with Crippen molar-refractivity contribution in [3.8, 4) is 0 Å². The van der Waals surface area contributed by atoms with Crippen LogP contribution in [0.4, 0.5) is 0 Å². The number of rotatable bonds is 1. The number of quaternary nitrogens is 1. The highest BCUT2D eigenvalue weighted by atomic mass is 16.5. The van der Waals surface area contributed by atoms with Gasteiger partial charge in [0.25, 0.3) is 0 Å². The Balaban J connectivity index is 2.11. The van der Waals surface area contributed by atoms with Crippen LogP contribution in [0.5, 0.6) is 0 Å². The molecular weight excluding hydrogens is 166 g/mol. The summed E-state index contributed by atoms with van der Waals surface area (Å²) in [5.41, 5.74) is 0. The number of fused-ring (bicyclic) bond motifs is 1. The summed E-state index contributed by atoms with van der Waals surface area (Å²) in [6.07, 6.45) is 5.37. The number of hydrogen-bond acceptors (Lipinski definition) is 2. The monoisotopic (exact) mass is 185 g/mol. The fourth-order valence-corrected chi connectivity index (χ4v) is 3.06. The van der Waals surface area contributed by atoms with Crippen LogP contribution in [-0.2, 0) is 0 Å². The first-order valence-corrected chi connectivity index (χ1v) is 5.45. The number of piperidine rings is 2. The van der Waals surface area contributed by atoms with Crippen molar-refractivity contribution in [1.82, 2.24) is 0 Å². The molecule has 3 nitrogen and oxygen atoms in total. The molecule has 2 saturated heterocycles. The standard InChI is InChI=1S/C10H19NO2/c12-8-9-4-3-7-11(13)6-2-1-5-10(9)11/h9-10,12H,1-8H2/t9-,10-,11+/m1/s1. The maximum absolute atomic E-state index is 12.3. The molecule has 0 aromatic rings. The second-order valence-electron chi connectivity index (χ2n) is 4.55. The Labute approximate surface area is 79.5 Å². The zero-order valence-corrected chi connectivity index (χ0v) is 8.11. The number of nitrogens with zero attached hydrogens (tertiary/aromatic N) is 1. The average molecular weight is 185 g/mol. The lowest BCUT2D eigenvalue weighted by Crippen LogP contribution is -2.60. The summed E-state index contributed by atoms with van der Waals surface area (Å²) in [6, 6.07) is 0.215. The van der Waals surface area contributed by atoms with E-state index in [2.05, 4.69) is 0 Å². The molecule has 2 fully saturated rings. The second-order valence-corrected chi connectivity index (χ2v) is 4.55. The lowest BCUT2D eigenvalue weighted by atomic mass is 9.83. The van der Waals surface area contributed by atoms with Gasteiger partial charge in [-0.2, -0.15) is 0 Å². The number of hydroxylamine groups is 3. The van der Waals surface area contributed by atoms with Crippen molar-refractivity contribution in [2.24, 2.45) is 5.92 Å². The van der Waals surface area contributed by atoms with E-state index in [0.29, 0.717) is 0 Å². The van der Waals surface area contributed by atoms with Gasteiger partial charge in [-0.25, -0.2) is 0 Å². The van der Waals surface area contributed by atoms with Crippen molar-refractivity contribution < 1.29 is 9.75 Å².